The number of nitrogens with one attached hydrogen (secondary N) is 1. The van der Waals surface area contributed by atoms with Gasteiger partial charge in [0.2, 0.25) is 11.9 Å². The Morgan fingerprint density at radius 1 is 1.37 bits per heavy atom. The van der Waals surface area contributed by atoms with Crippen molar-refractivity contribution in [3.8, 4) is 12.1 Å². The molecule has 0 unspecified atom stereocenters. The first-order valence-electron chi connectivity index (χ1n) is 5.63. The third-order valence-electron chi connectivity index (χ3n) is 2.15. The smallest absolute Gasteiger partial charge is 0.323 e. The molecular weight excluding hydrogens is 244 g/mol. The van der Waals surface area contributed by atoms with Gasteiger partial charge in [0.1, 0.15) is 0 Å². The Morgan fingerprint density at radius 3 is 2.95 bits per heavy atom. The number of anilines is 3. The first-order chi connectivity index (χ1) is 9.21. The number of nitriles is 1. The average molecular weight is 256 g/mol. The second-order valence-corrected chi connectivity index (χ2v) is 3.55. The van der Waals surface area contributed by atoms with Gasteiger partial charge in [0.25, 0.3) is 0 Å². The quantitative estimate of drug-likeness (QED) is 0.852. The Bertz CT molecular complexity index is 622. The van der Waals surface area contributed by atoms with Crippen LogP contribution in [-0.4, -0.2) is 21.6 Å². The lowest BCUT2D eigenvalue weighted by Gasteiger charge is -2.07. The zero-order chi connectivity index (χ0) is 13.7. The minimum atomic E-state index is 0.0670. The normalized spacial score (nSPS) is 9.68. The third kappa shape index (κ3) is 3.29. The molecule has 0 saturated carbocycles. The number of nitrogen functional groups attached to an aromatic ring is 1. The first-order valence-corrected chi connectivity index (χ1v) is 5.63. The number of benzene rings is 1. The molecule has 3 N–H and O–H groups in total. The molecule has 0 aliphatic heterocycles. The number of ether oxygens (including phenoxy) is 1. The summed E-state index contributed by atoms with van der Waals surface area (Å²) in [6.07, 6.45) is 0. The second-order valence-electron chi connectivity index (χ2n) is 3.55. The summed E-state index contributed by atoms with van der Waals surface area (Å²) in [4.78, 5) is 11.8. The Kier molecular flexibility index (Phi) is 3.73. The van der Waals surface area contributed by atoms with Crippen molar-refractivity contribution < 1.29 is 4.74 Å². The molecule has 2 aromatic rings. The van der Waals surface area contributed by atoms with Crippen LogP contribution in [0.1, 0.15) is 12.5 Å². The van der Waals surface area contributed by atoms with Crippen molar-refractivity contribution in [1.82, 2.24) is 15.0 Å². The molecule has 7 nitrogen and oxygen atoms in total. The Balaban J connectivity index is 2.25. The highest BCUT2D eigenvalue weighted by Crippen LogP contribution is 2.16. The topological polar surface area (TPSA) is 110 Å². The van der Waals surface area contributed by atoms with E-state index in [1.807, 2.05) is 6.92 Å². The standard InChI is InChI=1S/C12H12N6O/c1-2-19-12-17-10(14)16-11(18-12)15-9-5-3-4-8(6-9)7-13/h3-6H,2H2,1H3,(H3,14,15,16,17,18). The van der Waals surface area contributed by atoms with E-state index >= 15 is 0 Å². The molecule has 7 heteroatoms. The van der Waals surface area contributed by atoms with Crippen LogP contribution in [-0.2, 0) is 0 Å². The highest BCUT2D eigenvalue weighted by atomic mass is 16.5. The molecule has 0 spiro atoms. The van der Waals surface area contributed by atoms with E-state index in [2.05, 4.69) is 26.3 Å². The van der Waals surface area contributed by atoms with E-state index in [1.54, 1.807) is 24.3 Å². The summed E-state index contributed by atoms with van der Waals surface area (Å²) < 4.78 is 5.18. The van der Waals surface area contributed by atoms with Gasteiger partial charge in [-0.2, -0.15) is 20.2 Å². The van der Waals surface area contributed by atoms with E-state index in [0.29, 0.717) is 17.9 Å². The molecule has 0 radical (unpaired) electrons. The highest BCUT2D eigenvalue weighted by molar-refractivity contribution is 5.56. The number of aromatic nitrogens is 3. The molecule has 96 valence electrons. The number of nitrogens with two attached hydrogens (primary N) is 1. The molecule has 0 aliphatic rings. The van der Waals surface area contributed by atoms with Crippen LogP contribution in [0.3, 0.4) is 0 Å². The summed E-state index contributed by atoms with van der Waals surface area (Å²) in [5.41, 5.74) is 6.79. The minimum absolute atomic E-state index is 0.0670. The maximum absolute atomic E-state index is 8.83. The average Bonchev–Trinajstić information content (AvgIpc) is 2.38. The van der Waals surface area contributed by atoms with Gasteiger partial charge in [-0.25, -0.2) is 0 Å². The van der Waals surface area contributed by atoms with Crippen molar-refractivity contribution in [2.75, 3.05) is 17.7 Å². The lowest BCUT2D eigenvalue weighted by atomic mass is 10.2. The van der Waals surface area contributed by atoms with Crippen LogP contribution in [0.25, 0.3) is 0 Å². The zero-order valence-corrected chi connectivity index (χ0v) is 10.3. The molecule has 1 aromatic carbocycles. The monoisotopic (exact) mass is 256 g/mol. The predicted molar refractivity (Wildman–Crippen MR) is 69.8 cm³/mol. The summed E-state index contributed by atoms with van der Waals surface area (Å²) in [6, 6.07) is 9.15. The molecular formula is C12H12N6O. The molecule has 1 heterocycles. The minimum Gasteiger partial charge on any atom is -0.464 e. The molecule has 0 atom stereocenters. The van der Waals surface area contributed by atoms with Crippen LogP contribution in [0.15, 0.2) is 24.3 Å². The highest BCUT2D eigenvalue weighted by Gasteiger charge is 2.05. The van der Waals surface area contributed by atoms with Gasteiger partial charge in [-0.1, -0.05) is 6.07 Å². The second kappa shape index (κ2) is 5.64. The maximum atomic E-state index is 8.83. The van der Waals surface area contributed by atoms with Crippen molar-refractivity contribution >= 4 is 17.6 Å². The van der Waals surface area contributed by atoms with Crippen LogP contribution in [0, 0.1) is 11.3 Å². The van der Waals surface area contributed by atoms with Crippen LogP contribution < -0.4 is 15.8 Å². The Hall–Kier alpha value is -2.88. The number of hydrogen-bond acceptors (Lipinski definition) is 7. The summed E-state index contributed by atoms with van der Waals surface area (Å²) in [6.45, 7) is 2.26. The fourth-order valence-corrected chi connectivity index (χ4v) is 1.42. The molecule has 2 rings (SSSR count). The van der Waals surface area contributed by atoms with Crippen LogP contribution >= 0.6 is 0 Å². The van der Waals surface area contributed by atoms with Gasteiger partial charge < -0.3 is 15.8 Å². The number of nitrogens with zero attached hydrogens (tertiary/aromatic N) is 4. The summed E-state index contributed by atoms with van der Waals surface area (Å²) >= 11 is 0. The van der Waals surface area contributed by atoms with E-state index in [-0.39, 0.29) is 17.9 Å². The fourth-order valence-electron chi connectivity index (χ4n) is 1.42. The van der Waals surface area contributed by atoms with E-state index in [0.717, 1.165) is 0 Å². The van der Waals surface area contributed by atoms with Gasteiger partial charge in [-0.05, 0) is 25.1 Å². The van der Waals surface area contributed by atoms with E-state index in [4.69, 9.17) is 15.7 Å². The third-order valence-corrected chi connectivity index (χ3v) is 2.15. The summed E-state index contributed by atoms with van der Waals surface area (Å²) in [7, 11) is 0. The van der Waals surface area contributed by atoms with Gasteiger partial charge in [0.15, 0.2) is 0 Å². The van der Waals surface area contributed by atoms with E-state index in [9.17, 15) is 0 Å². The summed E-state index contributed by atoms with van der Waals surface area (Å²) in [5, 5.41) is 11.8. The van der Waals surface area contributed by atoms with E-state index < -0.39 is 0 Å². The Morgan fingerprint density at radius 2 is 2.21 bits per heavy atom. The van der Waals surface area contributed by atoms with E-state index in [1.165, 1.54) is 0 Å². The van der Waals surface area contributed by atoms with Gasteiger partial charge in [-0.3, -0.25) is 0 Å². The van der Waals surface area contributed by atoms with Gasteiger partial charge in [-0.15, -0.1) is 0 Å². The molecule has 0 aliphatic carbocycles. The molecule has 0 fully saturated rings. The predicted octanol–water partition coefficient (Wildman–Crippen LogP) is 1.47. The van der Waals surface area contributed by atoms with Crippen molar-refractivity contribution in [1.29, 1.82) is 5.26 Å². The van der Waals surface area contributed by atoms with Crippen LogP contribution in [0.2, 0.25) is 0 Å². The van der Waals surface area contributed by atoms with Crippen LogP contribution in [0.4, 0.5) is 17.6 Å². The summed E-state index contributed by atoms with van der Waals surface area (Å²) in [5.74, 6) is 0.337. The SMILES string of the molecule is CCOc1nc(N)nc(Nc2cccc(C#N)c2)n1. The maximum Gasteiger partial charge on any atom is 0.323 e. The largest absolute Gasteiger partial charge is 0.464 e. The van der Waals surface area contributed by atoms with Crippen molar-refractivity contribution in [2.24, 2.45) is 0 Å². The van der Waals surface area contributed by atoms with Gasteiger partial charge in [0, 0.05) is 5.69 Å². The van der Waals surface area contributed by atoms with Crippen molar-refractivity contribution in [3.05, 3.63) is 29.8 Å². The Labute approximate surface area is 110 Å². The molecule has 0 bridgehead atoms. The fraction of sp³-hybridized carbons (Fsp3) is 0.167. The van der Waals surface area contributed by atoms with Crippen molar-refractivity contribution in [2.45, 2.75) is 6.92 Å². The zero-order valence-electron chi connectivity index (χ0n) is 10.3. The number of hydrogen-bond donors (Lipinski definition) is 2. The molecule has 0 saturated heterocycles. The lowest BCUT2D eigenvalue weighted by Crippen LogP contribution is -2.06. The van der Waals surface area contributed by atoms with Gasteiger partial charge >= 0.3 is 6.01 Å². The lowest BCUT2D eigenvalue weighted by molar-refractivity contribution is 0.312. The number of rotatable bonds is 4. The van der Waals surface area contributed by atoms with Crippen molar-refractivity contribution in [3.63, 3.8) is 0 Å². The molecule has 1 aromatic heterocycles. The van der Waals surface area contributed by atoms with Crippen LogP contribution in [0.5, 0.6) is 6.01 Å². The van der Waals surface area contributed by atoms with Gasteiger partial charge in [0.05, 0.1) is 18.2 Å². The molecule has 0 amide bonds. The molecule has 19 heavy (non-hydrogen) atoms. The first kappa shape index (κ1) is 12.6.